The van der Waals surface area contributed by atoms with Crippen LogP contribution in [0.3, 0.4) is 0 Å². The first-order valence-electron chi connectivity index (χ1n) is 9.10. The summed E-state index contributed by atoms with van der Waals surface area (Å²) in [5.74, 6) is 0.532. The van der Waals surface area contributed by atoms with Crippen molar-refractivity contribution in [1.82, 2.24) is 10.6 Å². The van der Waals surface area contributed by atoms with E-state index in [4.69, 9.17) is 18.5 Å². The number of phenols is 1. The highest BCUT2D eigenvalue weighted by atomic mass is 31.2. The quantitative estimate of drug-likeness (QED) is 0.477. The Labute approximate surface area is 166 Å². The van der Waals surface area contributed by atoms with Gasteiger partial charge in [-0.15, -0.1) is 0 Å². The van der Waals surface area contributed by atoms with Gasteiger partial charge in [0.1, 0.15) is 0 Å². The molecule has 1 aromatic rings. The molecule has 3 N–H and O–H groups in total. The number of aromatic hydroxyl groups is 1. The molecule has 0 aromatic heterocycles. The molecule has 0 spiro atoms. The van der Waals surface area contributed by atoms with Crippen LogP contribution in [-0.4, -0.2) is 45.4 Å². The van der Waals surface area contributed by atoms with Gasteiger partial charge in [0.05, 0.1) is 39.3 Å². The van der Waals surface area contributed by atoms with Gasteiger partial charge in [-0.05, 0) is 43.8 Å². The SMILES string of the molecule is CCOP(=O)(CNCC1(c2cc(OC)c(O)c(OC)c2)C=CC=CN1)OCC. The van der Waals surface area contributed by atoms with Crippen LogP contribution >= 0.6 is 7.60 Å². The van der Waals surface area contributed by atoms with Gasteiger partial charge in [0.25, 0.3) is 0 Å². The van der Waals surface area contributed by atoms with Crippen molar-refractivity contribution in [3.8, 4) is 17.2 Å². The number of rotatable bonds is 11. The number of nitrogens with one attached hydrogen (secondary N) is 2. The molecule has 1 unspecified atom stereocenters. The van der Waals surface area contributed by atoms with E-state index in [0.717, 1.165) is 5.56 Å². The Morgan fingerprint density at radius 1 is 1.11 bits per heavy atom. The highest BCUT2D eigenvalue weighted by Gasteiger charge is 2.33. The molecule has 1 aromatic carbocycles. The van der Waals surface area contributed by atoms with Crippen molar-refractivity contribution in [2.45, 2.75) is 19.4 Å². The van der Waals surface area contributed by atoms with Gasteiger partial charge in [0.15, 0.2) is 11.5 Å². The number of dihydropyridines is 1. The summed E-state index contributed by atoms with van der Waals surface area (Å²) in [6, 6.07) is 3.47. The molecule has 0 saturated carbocycles. The fourth-order valence-electron chi connectivity index (χ4n) is 2.97. The number of allylic oxidation sites excluding steroid dienone is 2. The van der Waals surface area contributed by atoms with Gasteiger partial charge >= 0.3 is 7.60 Å². The van der Waals surface area contributed by atoms with Crippen LogP contribution in [0.5, 0.6) is 17.2 Å². The van der Waals surface area contributed by atoms with Crippen molar-refractivity contribution in [2.24, 2.45) is 0 Å². The highest BCUT2D eigenvalue weighted by molar-refractivity contribution is 7.53. The van der Waals surface area contributed by atoms with Gasteiger partial charge in [-0.25, -0.2) is 0 Å². The summed E-state index contributed by atoms with van der Waals surface area (Å²) in [5, 5.41) is 16.7. The van der Waals surface area contributed by atoms with Crippen LogP contribution in [0, 0.1) is 0 Å². The minimum absolute atomic E-state index is 0.0654. The van der Waals surface area contributed by atoms with E-state index in [0.29, 0.717) is 31.3 Å². The van der Waals surface area contributed by atoms with Crippen LogP contribution in [-0.2, 0) is 19.2 Å². The minimum Gasteiger partial charge on any atom is -0.502 e. The maximum atomic E-state index is 12.7. The van der Waals surface area contributed by atoms with Gasteiger partial charge in [0, 0.05) is 6.54 Å². The Hall–Kier alpha value is -1.99. The molecule has 0 aliphatic carbocycles. The first-order chi connectivity index (χ1) is 13.4. The molecule has 156 valence electrons. The lowest BCUT2D eigenvalue weighted by atomic mass is 9.87. The zero-order valence-electron chi connectivity index (χ0n) is 16.7. The molecule has 1 aliphatic heterocycles. The molecule has 1 aliphatic rings. The lowest BCUT2D eigenvalue weighted by Crippen LogP contribution is -2.47. The lowest BCUT2D eigenvalue weighted by molar-refractivity contribution is 0.217. The van der Waals surface area contributed by atoms with Crippen molar-refractivity contribution in [3.05, 3.63) is 42.1 Å². The number of hydrogen-bond acceptors (Lipinski definition) is 8. The molecule has 1 atom stereocenters. The predicted molar refractivity (Wildman–Crippen MR) is 108 cm³/mol. The molecular formula is C19H29N2O6P. The van der Waals surface area contributed by atoms with E-state index in [2.05, 4.69) is 10.6 Å². The predicted octanol–water partition coefficient (Wildman–Crippen LogP) is 3.09. The summed E-state index contributed by atoms with van der Waals surface area (Å²) in [5.41, 5.74) is 0.126. The zero-order chi connectivity index (χ0) is 20.6. The molecule has 0 fully saturated rings. The molecule has 0 saturated heterocycles. The second kappa shape index (κ2) is 9.98. The lowest BCUT2D eigenvalue weighted by Gasteiger charge is -2.35. The molecule has 0 radical (unpaired) electrons. The average molecular weight is 412 g/mol. The second-order valence-electron chi connectivity index (χ2n) is 6.09. The molecule has 2 rings (SSSR count). The summed E-state index contributed by atoms with van der Waals surface area (Å²) >= 11 is 0. The number of hydrogen-bond donors (Lipinski definition) is 3. The Bertz CT molecular complexity index is 732. The normalized spacial score (nSPS) is 18.7. The number of benzene rings is 1. The minimum atomic E-state index is -3.22. The topological polar surface area (TPSA) is 98.3 Å². The van der Waals surface area contributed by atoms with E-state index < -0.39 is 13.1 Å². The molecule has 1 heterocycles. The van der Waals surface area contributed by atoms with Gasteiger partial charge in [-0.3, -0.25) is 4.57 Å². The van der Waals surface area contributed by atoms with Gasteiger partial charge < -0.3 is 34.3 Å². The molecular weight excluding hydrogens is 383 g/mol. The summed E-state index contributed by atoms with van der Waals surface area (Å²) in [7, 11) is -0.258. The standard InChI is InChI=1S/C19H29N2O6P/c1-5-26-28(23,27-6-2)14-20-13-19(9-7-8-10-21-19)15-11-16(24-3)18(22)17(12-15)25-4/h7-12,20-22H,5-6,13-14H2,1-4H3. The third kappa shape index (κ3) is 5.08. The van der Waals surface area contributed by atoms with Crippen LogP contribution < -0.4 is 20.1 Å². The maximum Gasteiger partial charge on any atom is 0.344 e. The zero-order valence-corrected chi connectivity index (χ0v) is 17.6. The van der Waals surface area contributed by atoms with E-state index in [9.17, 15) is 9.67 Å². The van der Waals surface area contributed by atoms with Crippen molar-refractivity contribution in [2.75, 3.05) is 40.3 Å². The largest absolute Gasteiger partial charge is 0.502 e. The van der Waals surface area contributed by atoms with Crippen LogP contribution in [0.25, 0.3) is 0 Å². The Balaban J connectivity index is 2.29. The second-order valence-corrected chi connectivity index (χ2v) is 8.15. The summed E-state index contributed by atoms with van der Waals surface area (Å²) in [6.45, 7) is 4.54. The van der Waals surface area contributed by atoms with Crippen LogP contribution in [0.1, 0.15) is 19.4 Å². The fraction of sp³-hybridized carbons (Fsp3) is 0.474. The maximum absolute atomic E-state index is 12.7. The first kappa shape index (κ1) is 22.3. The van der Waals surface area contributed by atoms with E-state index in [1.54, 1.807) is 26.0 Å². The fourth-order valence-corrected chi connectivity index (χ4v) is 4.40. The molecule has 0 bridgehead atoms. The molecule has 0 amide bonds. The van der Waals surface area contributed by atoms with Crippen LogP contribution in [0.2, 0.25) is 0 Å². The van der Waals surface area contributed by atoms with E-state index in [-0.39, 0.29) is 12.0 Å². The van der Waals surface area contributed by atoms with Crippen LogP contribution in [0.4, 0.5) is 0 Å². The number of phenolic OH excluding ortho intramolecular Hbond substituents is 1. The van der Waals surface area contributed by atoms with Crippen molar-refractivity contribution < 1.29 is 28.2 Å². The Morgan fingerprint density at radius 3 is 2.18 bits per heavy atom. The monoisotopic (exact) mass is 412 g/mol. The van der Waals surface area contributed by atoms with Gasteiger partial charge in [-0.1, -0.05) is 12.2 Å². The molecule has 28 heavy (non-hydrogen) atoms. The Kier molecular flexibility index (Phi) is 7.95. The Morgan fingerprint density at radius 2 is 1.71 bits per heavy atom. The third-order valence-corrected chi connectivity index (χ3v) is 6.20. The van der Waals surface area contributed by atoms with E-state index >= 15 is 0 Å². The first-order valence-corrected chi connectivity index (χ1v) is 10.8. The third-order valence-electron chi connectivity index (χ3n) is 4.28. The highest BCUT2D eigenvalue weighted by Crippen LogP contribution is 2.47. The van der Waals surface area contributed by atoms with Gasteiger partial charge in [-0.2, -0.15) is 0 Å². The van der Waals surface area contributed by atoms with E-state index in [1.807, 2.05) is 24.4 Å². The van der Waals surface area contributed by atoms with Crippen molar-refractivity contribution in [3.63, 3.8) is 0 Å². The van der Waals surface area contributed by atoms with E-state index in [1.165, 1.54) is 14.2 Å². The number of ether oxygens (including phenoxy) is 2. The average Bonchev–Trinajstić information content (AvgIpc) is 2.69. The van der Waals surface area contributed by atoms with Gasteiger partial charge in [0.2, 0.25) is 5.75 Å². The van der Waals surface area contributed by atoms with Crippen molar-refractivity contribution >= 4 is 7.60 Å². The molecule has 9 heteroatoms. The summed E-state index contributed by atoms with van der Waals surface area (Å²) in [6.07, 6.45) is 7.64. The van der Waals surface area contributed by atoms with Crippen LogP contribution in [0.15, 0.2) is 36.6 Å². The smallest absolute Gasteiger partial charge is 0.344 e. The number of methoxy groups -OCH3 is 2. The summed E-state index contributed by atoms with van der Waals surface area (Å²) in [4.78, 5) is 0. The summed E-state index contributed by atoms with van der Waals surface area (Å²) < 4.78 is 33.9. The molecule has 8 nitrogen and oxygen atoms in total. The van der Waals surface area contributed by atoms with Crippen molar-refractivity contribution in [1.29, 1.82) is 0 Å².